The maximum atomic E-state index is 13.0. The summed E-state index contributed by atoms with van der Waals surface area (Å²) in [6.07, 6.45) is 14.5. The van der Waals surface area contributed by atoms with E-state index in [0.29, 0.717) is 17.1 Å². The van der Waals surface area contributed by atoms with Crippen LogP contribution in [0.3, 0.4) is 0 Å². The summed E-state index contributed by atoms with van der Waals surface area (Å²) in [5.41, 5.74) is 3.84. The van der Waals surface area contributed by atoms with Crippen LogP contribution in [0, 0.1) is 0 Å². The van der Waals surface area contributed by atoms with Gasteiger partial charge in [-0.3, -0.25) is 0 Å². The molecule has 0 radical (unpaired) electrons. The molecule has 3 aromatic carbocycles. The number of carbonyl (C=O) groups is 1. The van der Waals surface area contributed by atoms with Gasteiger partial charge in [-0.05, 0) is 67.1 Å². The Morgan fingerprint density at radius 1 is 0.643 bits per heavy atom. The fourth-order valence-corrected chi connectivity index (χ4v) is 5.15. The second-order valence-electron chi connectivity index (χ2n) is 11.3. The molecule has 0 amide bonds. The van der Waals surface area contributed by atoms with Crippen molar-refractivity contribution >= 4 is 5.97 Å². The normalized spacial score (nSPS) is 12.6. The van der Waals surface area contributed by atoms with Crippen LogP contribution in [-0.4, -0.2) is 18.7 Å². The standard InChI is InChI=1S/C38H52O4/c1-5-8-10-11-12-13-16-29-40-30(4)31-21-23-32(24-22-31)33-25-27-34(28-26-33)38(39)42-37-20-15-14-19-36(37)41-35(17-7-3)18-9-6-2/h14-15,19-28,30,35H,5-13,16-18,29H2,1-4H3. The van der Waals surface area contributed by atoms with E-state index in [9.17, 15) is 4.79 Å². The highest BCUT2D eigenvalue weighted by Gasteiger charge is 2.16. The van der Waals surface area contributed by atoms with Gasteiger partial charge >= 0.3 is 5.97 Å². The van der Waals surface area contributed by atoms with Crippen molar-refractivity contribution < 1.29 is 19.0 Å². The first kappa shape index (κ1) is 33.4. The Hall–Kier alpha value is -3.11. The molecular weight excluding hydrogens is 520 g/mol. The third-order valence-electron chi connectivity index (χ3n) is 7.79. The van der Waals surface area contributed by atoms with E-state index in [1.54, 1.807) is 6.07 Å². The van der Waals surface area contributed by atoms with Gasteiger partial charge in [0.05, 0.1) is 17.8 Å². The molecule has 0 fully saturated rings. The van der Waals surface area contributed by atoms with Gasteiger partial charge in [0.1, 0.15) is 0 Å². The van der Waals surface area contributed by atoms with E-state index in [2.05, 4.69) is 52.0 Å². The third-order valence-corrected chi connectivity index (χ3v) is 7.79. The van der Waals surface area contributed by atoms with E-state index in [0.717, 1.165) is 56.3 Å². The first-order valence-electron chi connectivity index (χ1n) is 16.4. The maximum absolute atomic E-state index is 13.0. The summed E-state index contributed by atoms with van der Waals surface area (Å²) in [7, 11) is 0. The van der Waals surface area contributed by atoms with Gasteiger partial charge in [-0.2, -0.15) is 0 Å². The molecule has 0 N–H and O–H groups in total. The number of carbonyl (C=O) groups excluding carboxylic acids is 1. The molecule has 0 heterocycles. The first-order valence-corrected chi connectivity index (χ1v) is 16.4. The molecule has 0 aliphatic heterocycles. The molecule has 0 aliphatic carbocycles. The van der Waals surface area contributed by atoms with Crippen LogP contribution in [0.5, 0.6) is 11.5 Å². The van der Waals surface area contributed by atoms with Gasteiger partial charge < -0.3 is 14.2 Å². The predicted octanol–water partition coefficient (Wildman–Crippen LogP) is 11.1. The van der Waals surface area contributed by atoms with E-state index in [4.69, 9.17) is 14.2 Å². The summed E-state index contributed by atoms with van der Waals surface area (Å²) >= 11 is 0. The summed E-state index contributed by atoms with van der Waals surface area (Å²) in [4.78, 5) is 13.0. The number of para-hydroxylation sites is 2. The Morgan fingerprint density at radius 2 is 1.24 bits per heavy atom. The molecule has 0 aromatic heterocycles. The Bertz CT molecular complexity index is 1150. The summed E-state index contributed by atoms with van der Waals surface area (Å²) in [6, 6.07) is 23.6. The first-order chi connectivity index (χ1) is 20.5. The van der Waals surface area contributed by atoms with Crippen molar-refractivity contribution in [3.8, 4) is 22.6 Å². The molecule has 4 nitrogen and oxygen atoms in total. The Morgan fingerprint density at radius 3 is 1.88 bits per heavy atom. The lowest BCUT2D eigenvalue weighted by atomic mass is 10.0. The molecule has 3 aromatic rings. The van der Waals surface area contributed by atoms with Crippen molar-refractivity contribution in [3.05, 3.63) is 83.9 Å². The van der Waals surface area contributed by atoms with Crippen LogP contribution < -0.4 is 9.47 Å². The van der Waals surface area contributed by atoms with Gasteiger partial charge in [0.15, 0.2) is 11.5 Å². The minimum absolute atomic E-state index is 0.0760. The van der Waals surface area contributed by atoms with Gasteiger partial charge in [-0.15, -0.1) is 0 Å². The monoisotopic (exact) mass is 572 g/mol. The van der Waals surface area contributed by atoms with Crippen molar-refractivity contribution in [2.75, 3.05) is 6.61 Å². The highest BCUT2D eigenvalue weighted by atomic mass is 16.6. The van der Waals surface area contributed by atoms with Gasteiger partial charge in [-0.25, -0.2) is 4.79 Å². The van der Waals surface area contributed by atoms with E-state index in [-0.39, 0.29) is 18.2 Å². The molecule has 0 aliphatic rings. The van der Waals surface area contributed by atoms with Gasteiger partial charge in [0, 0.05) is 6.61 Å². The average Bonchev–Trinajstić information content (AvgIpc) is 3.02. The lowest BCUT2D eigenvalue weighted by molar-refractivity contribution is 0.0627. The Kier molecular flexibility index (Phi) is 15.2. The van der Waals surface area contributed by atoms with E-state index >= 15 is 0 Å². The quantitative estimate of drug-likeness (QED) is 0.0767. The van der Waals surface area contributed by atoms with Crippen molar-refractivity contribution in [1.29, 1.82) is 0 Å². The number of hydrogen-bond donors (Lipinski definition) is 0. The topological polar surface area (TPSA) is 44.8 Å². The smallest absolute Gasteiger partial charge is 0.343 e. The molecule has 42 heavy (non-hydrogen) atoms. The minimum Gasteiger partial charge on any atom is -0.487 e. The Labute approximate surface area is 254 Å². The summed E-state index contributed by atoms with van der Waals surface area (Å²) in [6.45, 7) is 9.54. The van der Waals surface area contributed by atoms with Crippen molar-refractivity contribution in [3.63, 3.8) is 0 Å². The van der Waals surface area contributed by atoms with Crippen molar-refractivity contribution in [2.24, 2.45) is 0 Å². The SMILES string of the molecule is CCCCCCCCCOC(C)c1ccc(-c2ccc(C(=O)Oc3ccccc3OC(CCC)CCCC)cc2)cc1. The van der Waals surface area contributed by atoms with Crippen LogP contribution in [0.4, 0.5) is 0 Å². The molecule has 0 spiro atoms. The van der Waals surface area contributed by atoms with Crippen LogP contribution in [0.15, 0.2) is 72.8 Å². The van der Waals surface area contributed by atoms with Gasteiger partial charge in [0.25, 0.3) is 0 Å². The Balaban J connectivity index is 1.52. The number of unbranched alkanes of at least 4 members (excludes halogenated alkanes) is 7. The zero-order valence-electron chi connectivity index (χ0n) is 26.4. The minimum atomic E-state index is -0.388. The molecule has 3 rings (SSSR count). The van der Waals surface area contributed by atoms with Crippen LogP contribution in [0.25, 0.3) is 11.1 Å². The molecule has 2 unspecified atom stereocenters. The molecule has 0 saturated heterocycles. The van der Waals surface area contributed by atoms with Crippen LogP contribution in [0.2, 0.25) is 0 Å². The molecule has 0 saturated carbocycles. The summed E-state index contributed by atoms with van der Waals surface area (Å²) in [5, 5.41) is 0. The van der Waals surface area contributed by atoms with Crippen LogP contribution >= 0.6 is 0 Å². The van der Waals surface area contributed by atoms with E-state index in [1.165, 1.54) is 44.1 Å². The summed E-state index contributed by atoms with van der Waals surface area (Å²) < 4.78 is 18.2. The zero-order valence-corrected chi connectivity index (χ0v) is 26.4. The highest BCUT2D eigenvalue weighted by molar-refractivity contribution is 5.92. The van der Waals surface area contributed by atoms with Gasteiger partial charge in [0.2, 0.25) is 0 Å². The predicted molar refractivity (Wildman–Crippen MR) is 174 cm³/mol. The van der Waals surface area contributed by atoms with Crippen molar-refractivity contribution in [1.82, 2.24) is 0 Å². The second kappa shape index (κ2) is 19.2. The largest absolute Gasteiger partial charge is 0.487 e. The molecule has 4 heteroatoms. The number of benzene rings is 3. The molecule has 2 atom stereocenters. The van der Waals surface area contributed by atoms with E-state index < -0.39 is 0 Å². The number of esters is 1. The fourth-order valence-electron chi connectivity index (χ4n) is 5.15. The number of ether oxygens (including phenoxy) is 3. The third kappa shape index (κ3) is 11.3. The van der Waals surface area contributed by atoms with E-state index in [1.807, 2.05) is 42.5 Å². The zero-order chi connectivity index (χ0) is 30.0. The summed E-state index contributed by atoms with van der Waals surface area (Å²) in [5.74, 6) is 0.696. The second-order valence-corrected chi connectivity index (χ2v) is 11.3. The lowest BCUT2D eigenvalue weighted by Crippen LogP contribution is -2.17. The fraction of sp³-hybridized carbons (Fsp3) is 0.500. The molecule has 0 bridgehead atoms. The van der Waals surface area contributed by atoms with Gasteiger partial charge in [-0.1, -0.05) is 127 Å². The highest BCUT2D eigenvalue weighted by Crippen LogP contribution is 2.30. The van der Waals surface area contributed by atoms with Crippen molar-refractivity contribution in [2.45, 2.75) is 117 Å². The van der Waals surface area contributed by atoms with Crippen LogP contribution in [0.1, 0.15) is 127 Å². The number of hydrogen-bond acceptors (Lipinski definition) is 4. The van der Waals surface area contributed by atoms with Crippen LogP contribution in [-0.2, 0) is 4.74 Å². The molecular formula is C38H52O4. The lowest BCUT2D eigenvalue weighted by Gasteiger charge is -2.20. The maximum Gasteiger partial charge on any atom is 0.343 e. The average molecular weight is 573 g/mol. The molecule has 228 valence electrons. The number of rotatable bonds is 20.